The predicted molar refractivity (Wildman–Crippen MR) is 104 cm³/mol. The fourth-order valence-corrected chi connectivity index (χ4v) is 3.79. The summed E-state index contributed by atoms with van der Waals surface area (Å²) < 4.78 is 7.55. The highest BCUT2D eigenvalue weighted by Gasteiger charge is 2.23. The number of nitrogens with zero attached hydrogens (tertiary/aromatic N) is 2. The Bertz CT molecular complexity index is 1040. The molecule has 1 unspecified atom stereocenters. The summed E-state index contributed by atoms with van der Waals surface area (Å²) >= 11 is 0. The number of amides is 1. The maximum Gasteiger partial charge on any atom is 0.244 e. The third-order valence-corrected chi connectivity index (χ3v) is 5.07. The third-order valence-electron chi connectivity index (χ3n) is 5.07. The Balaban J connectivity index is 1.52. The monoisotopic (exact) mass is 359 g/mol. The van der Waals surface area contributed by atoms with Crippen LogP contribution < -0.4 is 5.32 Å². The van der Waals surface area contributed by atoms with Crippen molar-refractivity contribution in [3.05, 3.63) is 65.8 Å². The van der Waals surface area contributed by atoms with Crippen LogP contribution in [0.3, 0.4) is 0 Å². The molecule has 5 heteroatoms. The van der Waals surface area contributed by atoms with Gasteiger partial charge >= 0.3 is 0 Å². The summed E-state index contributed by atoms with van der Waals surface area (Å²) in [4.78, 5) is 12.5. The third kappa shape index (κ3) is 3.52. The van der Waals surface area contributed by atoms with Crippen LogP contribution in [0.2, 0.25) is 0 Å². The van der Waals surface area contributed by atoms with Crippen molar-refractivity contribution >= 4 is 22.9 Å². The molecular formula is C22H21N3O2. The first-order chi connectivity index (χ1) is 13.3. The van der Waals surface area contributed by atoms with E-state index in [2.05, 4.69) is 16.0 Å². The van der Waals surface area contributed by atoms with Gasteiger partial charge in [0.25, 0.3) is 0 Å². The maximum atomic E-state index is 12.5. The van der Waals surface area contributed by atoms with Crippen molar-refractivity contribution in [2.45, 2.75) is 38.3 Å². The van der Waals surface area contributed by atoms with Gasteiger partial charge in [0.1, 0.15) is 5.76 Å². The molecule has 1 amide bonds. The Labute approximate surface area is 157 Å². The number of nitriles is 1. The number of rotatable bonds is 5. The second kappa shape index (κ2) is 7.55. The Morgan fingerprint density at radius 3 is 3.15 bits per heavy atom. The number of nitrogens with one attached hydrogen (secondary N) is 1. The summed E-state index contributed by atoms with van der Waals surface area (Å²) in [5.74, 6) is 0.874. The van der Waals surface area contributed by atoms with Gasteiger partial charge in [-0.15, -0.1) is 0 Å². The molecule has 1 N–H and O–H groups in total. The summed E-state index contributed by atoms with van der Waals surface area (Å²) in [5, 5.41) is 13.0. The zero-order chi connectivity index (χ0) is 18.6. The van der Waals surface area contributed by atoms with E-state index in [4.69, 9.17) is 9.68 Å². The van der Waals surface area contributed by atoms with Gasteiger partial charge in [-0.3, -0.25) is 4.79 Å². The molecule has 27 heavy (non-hydrogen) atoms. The number of aryl methyl sites for hydroxylation is 2. The Morgan fingerprint density at radius 2 is 2.26 bits per heavy atom. The van der Waals surface area contributed by atoms with Crippen molar-refractivity contribution in [2.75, 3.05) is 0 Å². The minimum Gasteiger partial charge on any atom is -0.469 e. The minimum absolute atomic E-state index is 0.0154. The molecule has 4 rings (SSSR count). The van der Waals surface area contributed by atoms with E-state index >= 15 is 0 Å². The molecule has 0 spiro atoms. The summed E-state index contributed by atoms with van der Waals surface area (Å²) in [5.41, 5.74) is 3.14. The van der Waals surface area contributed by atoms with Crippen molar-refractivity contribution in [3.8, 4) is 6.07 Å². The number of benzene rings is 1. The summed E-state index contributed by atoms with van der Waals surface area (Å²) in [6.45, 7) is 0.641. The molecule has 5 nitrogen and oxygen atoms in total. The number of hydrogen-bond donors (Lipinski definition) is 1. The topological polar surface area (TPSA) is 71.0 Å². The molecule has 1 atom stereocenters. The highest BCUT2D eigenvalue weighted by atomic mass is 16.3. The van der Waals surface area contributed by atoms with Gasteiger partial charge in [0.05, 0.1) is 24.8 Å². The summed E-state index contributed by atoms with van der Waals surface area (Å²) in [6.07, 6.45) is 10.5. The first-order valence-electron chi connectivity index (χ1n) is 9.26. The number of para-hydroxylation sites is 1. The molecule has 2 heterocycles. The fourth-order valence-electron chi connectivity index (χ4n) is 3.79. The molecule has 0 radical (unpaired) electrons. The number of carbonyl (C=O) groups is 1. The van der Waals surface area contributed by atoms with Crippen LogP contribution in [0.5, 0.6) is 0 Å². The Hall–Kier alpha value is -3.26. The molecule has 136 valence electrons. The van der Waals surface area contributed by atoms with Crippen LogP contribution in [-0.4, -0.2) is 10.5 Å². The smallest absolute Gasteiger partial charge is 0.244 e. The zero-order valence-electron chi connectivity index (χ0n) is 15.0. The first-order valence-corrected chi connectivity index (χ1v) is 9.26. The lowest BCUT2D eigenvalue weighted by Gasteiger charge is -2.21. The molecule has 0 saturated carbocycles. The van der Waals surface area contributed by atoms with E-state index in [1.165, 1.54) is 0 Å². The largest absolute Gasteiger partial charge is 0.469 e. The van der Waals surface area contributed by atoms with E-state index < -0.39 is 0 Å². The molecule has 1 aromatic carbocycles. The summed E-state index contributed by atoms with van der Waals surface area (Å²) in [6, 6.07) is 12.2. The molecule has 2 aromatic heterocycles. The van der Waals surface area contributed by atoms with Crippen molar-refractivity contribution < 1.29 is 9.21 Å². The van der Waals surface area contributed by atoms with Crippen LogP contribution in [-0.2, 0) is 17.8 Å². The lowest BCUT2D eigenvalue weighted by Crippen LogP contribution is -2.28. The quantitative estimate of drug-likeness (QED) is 0.688. The van der Waals surface area contributed by atoms with E-state index in [9.17, 15) is 4.79 Å². The number of hydrogen-bond acceptors (Lipinski definition) is 3. The number of carbonyl (C=O) groups excluding carboxylic acids is 1. The van der Waals surface area contributed by atoms with Crippen molar-refractivity contribution in [2.24, 2.45) is 0 Å². The lowest BCUT2D eigenvalue weighted by atomic mass is 9.93. The van der Waals surface area contributed by atoms with Crippen LogP contribution in [0.25, 0.3) is 17.0 Å². The van der Waals surface area contributed by atoms with Gasteiger partial charge < -0.3 is 14.3 Å². The number of aromatic nitrogens is 1. The van der Waals surface area contributed by atoms with Gasteiger partial charge in [0.15, 0.2) is 0 Å². The van der Waals surface area contributed by atoms with Gasteiger partial charge in [-0.1, -0.05) is 18.2 Å². The summed E-state index contributed by atoms with van der Waals surface area (Å²) in [7, 11) is 0. The van der Waals surface area contributed by atoms with Crippen molar-refractivity contribution in [3.63, 3.8) is 0 Å². The maximum absolute atomic E-state index is 12.5. The van der Waals surface area contributed by atoms with Gasteiger partial charge in [0, 0.05) is 47.3 Å². The van der Waals surface area contributed by atoms with Gasteiger partial charge in [-0.25, -0.2) is 0 Å². The number of fused-ring (bicyclic) bond motifs is 2. The normalized spacial score (nSPS) is 16.3. The zero-order valence-corrected chi connectivity index (χ0v) is 15.0. The van der Waals surface area contributed by atoms with Crippen LogP contribution in [0.4, 0.5) is 0 Å². The second-order valence-electron chi connectivity index (χ2n) is 6.79. The second-order valence-corrected chi connectivity index (χ2v) is 6.79. The van der Waals surface area contributed by atoms with Crippen LogP contribution in [0.1, 0.15) is 42.2 Å². The molecule has 0 aliphatic heterocycles. The minimum atomic E-state index is -0.108. The standard InChI is InChI=1S/C22H21N3O2/c23-12-4-13-25-15-16(17-5-1-2-7-20(17)25)9-10-22(26)24-19-6-3-8-21-18(19)11-14-27-21/h1-2,5,7,9-11,14-15,19H,3-4,6,8,13H2,(H,24,26). The van der Waals surface area contributed by atoms with E-state index in [-0.39, 0.29) is 11.9 Å². The van der Waals surface area contributed by atoms with Crippen LogP contribution in [0, 0.1) is 11.3 Å². The van der Waals surface area contributed by atoms with Crippen molar-refractivity contribution in [1.82, 2.24) is 9.88 Å². The van der Waals surface area contributed by atoms with Crippen molar-refractivity contribution in [1.29, 1.82) is 5.26 Å². The van der Waals surface area contributed by atoms with Crippen LogP contribution >= 0.6 is 0 Å². The van der Waals surface area contributed by atoms with Gasteiger partial charge in [0.2, 0.25) is 5.91 Å². The molecule has 0 bridgehead atoms. The average molecular weight is 359 g/mol. The molecule has 1 aliphatic carbocycles. The highest BCUT2D eigenvalue weighted by Crippen LogP contribution is 2.30. The molecule has 0 saturated heterocycles. The van der Waals surface area contributed by atoms with E-state index in [0.29, 0.717) is 13.0 Å². The lowest BCUT2D eigenvalue weighted by molar-refractivity contribution is -0.117. The predicted octanol–water partition coefficient (Wildman–Crippen LogP) is 4.35. The van der Waals surface area contributed by atoms with E-state index in [1.807, 2.05) is 42.6 Å². The van der Waals surface area contributed by atoms with Gasteiger partial charge in [-0.2, -0.15) is 5.26 Å². The molecule has 0 fully saturated rings. The van der Waals surface area contributed by atoms with E-state index in [0.717, 1.165) is 47.1 Å². The highest BCUT2D eigenvalue weighted by molar-refractivity contribution is 5.96. The van der Waals surface area contributed by atoms with Crippen LogP contribution in [0.15, 0.2) is 53.3 Å². The molecular weight excluding hydrogens is 338 g/mol. The molecule has 3 aromatic rings. The average Bonchev–Trinajstić information content (AvgIpc) is 3.30. The van der Waals surface area contributed by atoms with E-state index in [1.54, 1.807) is 12.3 Å². The first kappa shape index (κ1) is 17.2. The Kier molecular flexibility index (Phi) is 4.80. The SMILES string of the molecule is N#CCCn1cc(C=CC(=O)NC2CCCc3occc32)c2ccccc21. The molecule has 1 aliphatic rings. The fraction of sp³-hybridized carbons (Fsp3) is 0.273. The Morgan fingerprint density at radius 1 is 1.37 bits per heavy atom. The van der Waals surface area contributed by atoms with Gasteiger partial charge in [-0.05, 0) is 31.1 Å². The number of furan rings is 1.